The van der Waals surface area contributed by atoms with Crippen LogP contribution in [0.15, 0.2) is 128 Å². The number of aromatic nitrogens is 1. The van der Waals surface area contributed by atoms with E-state index in [9.17, 15) is 0 Å². The number of benzene rings is 4. The van der Waals surface area contributed by atoms with E-state index in [4.69, 9.17) is 5.73 Å². The first-order valence-corrected chi connectivity index (χ1v) is 11.8. The van der Waals surface area contributed by atoms with E-state index in [-0.39, 0.29) is 0 Å². The van der Waals surface area contributed by atoms with E-state index in [0.29, 0.717) is 0 Å². The standard InChI is InChI=1S/C33H28N2/c1-3-24(23-34)12-11-17-30-31-21-19-27-22-26(25-13-7-5-8-14-25)18-20-29(27)33(31)35(32(30)4-2)28-15-9-6-10-16-28/h3-11,13-23H,1-2,12,34H2/b17-11-,24-23+. The van der Waals surface area contributed by atoms with E-state index in [2.05, 4.69) is 109 Å². The number of hydrogen-bond donors (Lipinski definition) is 1. The van der Waals surface area contributed by atoms with Crippen molar-refractivity contribution in [1.29, 1.82) is 0 Å². The monoisotopic (exact) mass is 452 g/mol. The summed E-state index contributed by atoms with van der Waals surface area (Å²) in [5, 5.41) is 3.61. The van der Waals surface area contributed by atoms with E-state index in [1.807, 2.05) is 18.2 Å². The van der Waals surface area contributed by atoms with Crippen LogP contribution in [0, 0.1) is 0 Å². The van der Waals surface area contributed by atoms with Crippen molar-refractivity contribution >= 4 is 33.8 Å². The van der Waals surface area contributed by atoms with Crippen LogP contribution in [0.4, 0.5) is 0 Å². The lowest BCUT2D eigenvalue weighted by molar-refractivity contribution is 1.11. The Kier molecular flexibility index (Phi) is 6.19. The van der Waals surface area contributed by atoms with Crippen LogP contribution < -0.4 is 5.73 Å². The van der Waals surface area contributed by atoms with Crippen molar-refractivity contribution in [3.63, 3.8) is 0 Å². The third-order valence-corrected chi connectivity index (χ3v) is 6.45. The zero-order chi connectivity index (χ0) is 24.2. The highest BCUT2D eigenvalue weighted by atomic mass is 15.0. The summed E-state index contributed by atoms with van der Waals surface area (Å²) in [6.07, 6.45) is 10.4. The molecule has 0 radical (unpaired) electrons. The molecular formula is C33H28N2. The molecule has 2 nitrogen and oxygen atoms in total. The number of fused-ring (bicyclic) bond motifs is 3. The Morgan fingerprint density at radius 3 is 2.20 bits per heavy atom. The highest BCUT2D eigenvalue weighted by molar-refractivity contribution is 6.11. The number of allylic oxidation sites excluding steroid dienone is 3. The molecule has 0 spiro atoms. The van der Waals surface area contributed by atoms with Gasteiger partial charge in [0, 0.05) is 22.0 Å². The predicted molar refractivity (Wildman–Crippen MR) is 152 cm³/mol. The van der Waals surface area contributed by atoms with Crippen LogP contribution in [-0.2, 0) is 0 Å². The fraction of sp³-hybridized carbons (Fsp3) is 0.0303. The second kappa shape index (κ2) is 9.74. The van der Waals surface area contributed by atoms with Gasteiger partial charge in [-0.15, -0.1) is 0 Å². The molecule has 0 aliphatic heterocycles. The molecule has 0 atom stereocenters. The molecule has 0 unspecified atom stereocenters. The highest BCUT2D eigenvalue weighted by Gasteiger charge is 2.17. The minimum Gasteiger partial charge on any atom is -0.404 e. The van der Waals surface area contributed by atoms with Gasteiger partial charge in [-0.2, -0.15) is 0 Å². The van der Waals surface area contributed by atoms with Gasteiger partial charge < -0.3 is 10.3 Å². The quantitative estimate of drug-likeness (QED) is 0.246. The number of nitrogens with two attached hydrogens (primary N) is 1. The fourth-order valence-corrected chi connectivity index (χ4v) is 4.71. The van der Waals surface area contributed by atoms with Crippen LogP contribution in [0.3, 0.4) is 0 Å². The molecule has 0 fully saturated rings. The molecule has 2 N–H and O–H groups in total. The maximum atomic E-state index is 5.72. The summed E-state index contributed by atoms with van der Waals surface area (Å²) in [5.41, 5.74) is 13.6. The molecule has 0 aliphatic carbocycles. The van der Waals surface area contributed by atoms with Gasteiger partial charge >= 0.3 is 0 Å². The van der Waals surface area contributed by atoms with E-state index in [1.165, 1.54) is 32.8 Å². The molecule has 170 valence electrons. The summed E-state index contributed by atoms with van der Waals surface area (Å²) in [5.74, 6) is 0. The van der Waals surface area contributed by atoms with Crippen molar-refractivity contribution in [2.75, 3.05) is 0 Å². The number of para-hydroxylation sites is 1. The van der Waals surface area contributed by atoms with Gasteiger partial charge in [0.2, 0.25) is 0 Å². The Hall–Kier alpha value is -4.56. The van der Waals surface area contributed by atoms with Crippen molar-refractivity contribution in [2.45, 2.75) is 6.42 Å². The third kappa shape index (κ3) is 4.11. The second-order valence-electron chi connectivity index (χ2n) is 8.49. The Balaban J connectivity index is 1.78. The maximum absolute atomic E-state index is 5.72. The third-order valence-electron chi connectivity index (χ3n) is 6.45. The second-order valence-corrected chi connectivity index (χ2v) is 8.49. The molecule has 0 saturated carbocycles. The van der Waals surface area contributed by atoms with E-state index in [1.54, 1.807) is 12.3 Å². The first-order valence-electron chi connectivity index (χ1n) is 11.8. The minimum absolute atomic E-state index is 0.725. The SMILES string of the molecule is C=C/C(=C\N)C/C=C\c1c(C=C)n(-c2ccccc2)c2c1ccc1cc(-c3ccccc3)ccc12. The minimum atomic E-state index is 0.725. The molecule has 1 heterocycles. The van der Waals surface area contributed by atoms with Crippen molar-refractivity contribution in [3.8, 4) is 16.8 Å². The molecule has 4 aromatic carbocycles. The number of hydrogen-bond acceptors (Lipinski definition) is 1. The molecule has 5 rings (SSSR count). The molecular weight excluding hydrogens is 424 g/mol. The van der Waals surface area contributed by atoms with Crippen LogP contribution in [0.1, 0.15) is 17.7 Å². The van der Waals surface area contributed by atoms with Crippen molar-refractivity contribution in [1.82, 2.24) is 4.57 Å². The lowest BCUT2D eigenvalue weighted by Crippen LogP contribution is -1.97. The van der Waals surface area contributed by atoms with Gasteiger partial charge in [-0.1, -0.05) is 104 Å². The summed E-state index contributed by atoms with van der Waals surface area (Å²) in [4.78, 5) is 0. The molecule has 0 saturated heterocycles. The predicted octanol–water partition coefficient (Wildman–Crippen LogP) is 8.53. The van der Waals surface area contributed by atoms with Crippen molar-refractivity contribution < 1.29 is 0 Å². The van der Waals surface area contributed by atoms with Crippen molar-refractivity contribution in [2.24, 2.45) is 5.73 Å². The zero-order valence-electron chi connectivity index (χ0n) is 19.7. The Morgan fingerprint density at radius 2 is 1.51 bits per heavy atom. The first kappa shape index (κ1) is 22.2. The van der Waals surface area contributed by atoms with Gasteiger partial charge in [0.05, 0.1) is 11.2 Å². The summed E-state index contributed by atoms with van der Waals surface area (Å²) in [7, 11) is 0. The largest absolute Gasteiger partial charge is 0.404 e. The molecule has 5 aromatic rings. The van der Waals surface area contributed by atoms with Crippen LogP contribution >= 0.6 is 0 Å². The summed E-state index contributed by atoms with van der Waals surface area (Å²) in [6.45, 7) is 8.03. The zero-order valence-corrected chi connectivity index (χ0v) is 19.7. The smallest absolute Gasteiger partial charge is 0.0619 e. The fourth-order valence-electron chi connectivity index (χ4n) is 4.71. The van der Waals surface area contributed by atoms with Gasteiger partial charge in [0.1, 0.15) is 0 Å². The topological polar surface area (TPSA) is 30.9 Å². The van der Waals surface area contributed by atoms with Gasteiger partial charge in [-0.05, 0) is 59.0 Å². The van der Waals surface area contributed by atoms with Crippen molar-refractivity contribution in [3.05, 3.63) is 139 Å². The Labute approximate surface area is 206 Å². The normalized spacial score (nSPS) is 11.9. The van der Waals surface area contributed by atoms with Gasteiger partial charge in [-0.25, -0.2) is 0 Å². The Bertz CT molecular complexity index is 1580. The van der Waals surface area contributed by atoms with Crippen LogP contribution in [0.5, 0.6) is 0 Å². The van der Waals surface area contributed by atoms with Crippen LogP contribution in [-0.4, -0.2) is 4.57 Å². The number of nitrogens with zero attached hydrogens (tertiary/aromatic N) is 1. The average Bonchev–Trinajstić information content (AvgIpc) is 3.25. The first-order chi connectivity index (χ1) is 17.2. The van der Waals surface area contributed by atoms with E-state index >= 15 is 0 Å². The van der Waals surface area contributed by atoms with Gasteiger partial charge in [0.25, 0.3) is 0 Å². The Morgan fingerprint density at radius 1 is 0.800 bits per heavy atom. The molecule has 1 aromatic heterocycles. The van der Waals surface area contributed by atoms with Crippen LogP contribution in [0.25, 0.3) is 50.6 Å². The lowest BCUT2D eigenvalue weighted by Gasteiger charge is -2.11. The number of rotatable bonds is 7. The summed E-state index contributed by atoms with van der Waals surface area (Å²) < 4.78 is 2.32. The van der Waals surface area contributed by atoms with Crippen LogP contribution in [0.2, 0.25) is 0 Å². The molecule has 0 aliphatic rings. The lowest BCUT2D eigenvalue weighted by atomic mass is 9.99. The van der Waals surface area contributed by atoms with Gasteiger partial charge in [-0.3, -0.25) is 0 Å². The molecule has 2 heteroatoms. The van der Waals surface area contributed by atoms with E-state index < -0.39 is 0 Å². The van der Waals surface area contributed by atoms with Gasteiger partial charge in [0.15, 0.2) is 0 Å². The summed E-state index contributed by atoms with van der Waals surface area (Å²) in [6, 6.07) is 32.2. The van der Waals surface area contributed by atoms with E-state index in [0.717, 1.165) is 28.9 Å². The molecule has 0 bridgehead atoms. The highest BCUT2D eigenvalue weighted by Crippen LogP contribution is 2.37. The maximum Gasteiger partial charge on any atom is 0.0619 e. The summed E-state index contributed by atoms with van der Waals surface area (Å²) >= 11 is 0. The molecule has 35 heavy (non-hydrogen) atoms. The average molecular weight is 453 g/mol. The molecule has 0 amide bonds.